The molecule has 0 bridgehead atoms. The van der Waals surface area contributed by atoms with E-state index in [1.807, 2.05) is 12.1 Å². The largest absolute Gasteiger partial charge is 0.385 e. The fourth-order valence-electron chi connectivity index (χ4n) is 2.19. The highest BCUT2D eigenvalue weighted by Crippen LogP contribution is 2.12. The molecule has 2 N–H and O–H groups in total. The summed E-state index contributed by atoms with van der Waals surface area (Å²) < 4.78 is 0. The average Bonchev–Trinajstić information content (AvgIpc) is 2.56. The number of ketones is 1. The van der Waals surface area contributed by atoms with Gasteiger partial charge in [-0.3, -0.25) is 9.59 Å². The van der Waals surface area contributed by atoms with E-state index in [2.05, 4.69) is 29.7 Å². The lowest BCUT2D eigenvalue weighted by atomic mass is 10.1. The van der Waals surface area contributed by atoms with Crippen LogP contribution in [0.1, 0.15) is 36.2 Å². The monoisotopic (exact) mass is 310 g/mol. The minimum Gasteiger partial charge on any atom is -0.385 e. The molecule has 0 saturated heterocycles. The van der Waals surface area contributed by atoms with Crippen molar-refractivity contribution in [1.82, 2.24) is 0 Å². The Morgan fingerprint density at radius 3 is 2.09 bits per heavy atom. The van der Waals surface area contributed by atoms with Gasteiger partial charge in [0.25, 0.3) is 0 Å². The van der Waals surface area contributed by atoms with E-state index < -0.39 is 0 Å². The SMILES string of the molecule is CCc1ccc(NCCC(=O)Nc2ccc(C(C)=O)cc2)cc1. The van der Waals surface area contributed by atoms with Crippen LogP contribution in [0, 0.1) is 0 Å². The number of hydrogen-bond donors (Lipinski definition) is 2. The number of anilines is 2. The van der Waals surface area contributed by atoms with Crippen molar-refractivity contribution in [2.45, 2.75) is 26.7 Å². The maximum absolute atomic E-state index is 11.9. The Balaban J connectivity index is 1.77. The molecular weight excluding hydrogens is 288 g/mol. The predicted molar refractivity (Wildman–Crippen MR) is 94.0 cm³/mol. The third-order valence-corrected chi connectivity index (χ3v) is 3.62. The lowest BCUT2D eigenvalue weighted by molar-refractivity contribution is -0.115. The van der Waals surface area contributed by atoms with Crippen LogP contribution in [-0.4, -0.2) is 18.2 Å². The van der Waals surface area contributed by atoms with Crippen molar-refractivity contribution >= 4 is 23.1 Å². The third kappa shape index (κ3) is 5.25. The number of rotatable bonds is 7. The van der Waals surface area contributed by atoms with Gasteiger partial charge in [0.1, 0.15) is 0 Å². The zero-order valence-electron chi connectivity index (χ0n) is 13.6. The first-order chi connectivity index (χ1) is 11.1. The molecule has 0 spiro atoms. The molecular formula is C19H22N2O2. The number of carbonyl (C=O) groups is 2. The Hall–Kier alpha value is -2.62. The molecule has 1 amide bonds. The molecule has 4 nitrogen and oxygen atoms in total. The Kier molecular flexibility index (Phi) is 5.92. The maximum atomic E-state index is 11.9. The molecule has 4 heteroatoms. The molecule has 0 aliphatic heterocycles. The van der Waals surface area contributed by atoms with Crippen LogP contribution in [0.2, 0.25) is 0 Å². The molecule has 0 aliphatic carbocycles. The summed E-state index contributed by atoms with van der Waals surface area (Å²) in [5.41, 5.74) is 3.65. The zero-order chi connectivity index (χ0) is 16.7. The Bertz CT molecular complexity index is 661. The van der Waals surface area contributed by atoms with Crippen LogP contribution in [0.4, 0.5) is 11.4 Å². The van der Waals surface area contributed by atoms with E-state index in [1.54, 1.807) is 24.3 Å². The van der Waals surface area contributed by atoms with Crippen LogP contribution in [0.5, 0.6) is 0 Å². The first kappa shape index (κ1) is 16.7. The van der Waals surface area contributed by atoms with E-state index in [1.165, 1.54) is 12.5 Å². The van der Waals surface area contributed by atoms with Gasteiger partial charge in [0.05, 0.1) is 0 Å². The molecule has 23 heavy (non-hydrogen) atoms. The number of benzene rings is 2. The van der Waals surface area contributed by atoms with E-state index in [4.69, 9.17) is 0 Å². The number of nitrogens with one attached hydrogen (secondary N) is 2. The Labute approximate surface area is 136 Å². The van der Waals surface area contributed by atoms with Gasteiger partial charge >= 0.3 is 0 Å². The van der Waals surface area contributed by atoms with E-state index >= 15 is 0 Å². The molecule has 2 aromatic carbocycles. The maximum Gasteiger partial charge on any atom is 0.226 e. The van der Waals surface area contributed by atoms with Crippen LogP contribution >= 0.6 is 0 Å². The standard InChI is InChI=1S/C19H22N2O2/c1-3-15-4-8-17(9-5-15)20-13-12-19(23)21-18-10-6-16(7-11-18)14(2)22/h4-11,20H,3,12-13H2,1-2H3,(H,21,23). The van der Waals surface area contributed by atoms with Crippen molar-refractivity contribution in [3.8, 4) is 0 Å². The lowest BCUT2D eigenvalue weighted by Gasteiger charge is -2.08. The number of Topliss-reactive ketones (excluding diaryl/α,β-unsaturated/α-hetero) is 1. The number of carbonyl (C=O) groups excluding carboxylic acids is 2. The van der Waals surface area contributed by atoms with Crippen molar-refractivity contribution < 1.29 is 9.59 Å². The van der Waals surface area contributed by atoms with E-state index in [9.17, 15) is 9.59 Å². The van der Waals surface area contributed by atoms with Crippen LogP contribution < -0.4 is 10.6 Å². The molecule has 0 fully saturated rings. The second-order valence-electron chi connectivity index (χ2n) is 5.41. The smallest absolute Gasteiger partial charge is 0.226 e. The van der Waals surface area contributed by atoms with Crippen LogP contribution in [0.15, 0.2) is 48.5 Å². The normalized spacial score (nSPS) is 10.2. The molecule has 0 unspecified atom stereocenters. The summed E-state index contributed by atoms with van der Waals surface area (Å²) in [6.45, 7) is 4.21. The van der Waals surface area contributed by atoms with Gasteiger partial charge in [-0.1, -0.05) is 19.1 Å². The molecule has 2 aromatic rings. The molecule has 0 saturated carbocycles. The molecule has 0 atom stereocenters. The fraction of sp³-hybridized carbons (Fsp3) is 0.263. The Morgan fingerprint density at radius 2 is 1.52 bits per heavy atom. The van der Waals surface area contributed by atoms with Gasteiger partial charge in [0, 0.05) is 29.9 Å². The van der Waals surface area contributed by atoms with E-state index in [-0.39, 0.29) is 11.7 Å². The second-order valence-corrected chi connectivity index (χ2v) is 5.41. The summed E-state index contributed by atoms with van der Waals surface area (Å²) >= 11 is 0. The third-order valence-electron chi connectivity index (χ3n) is 3.62. The van der Waals surface area contributed by atoms with Crippen molar-refractivity contribution in [2.75, 3.05) is 17.2 Å². The molecule has 2 rings (SSSR count). The molecule has 0 aliphatic rings. The summed E-state index contributed by atoms with van der Waals surface area (Å²) in [6.07, 6.45) is 1.40. The second kappa shape index (κ2) is 8.13. The highest BCUT2D eigenvalue weighted by Gasteiger charge is 2.04. The quantitative estimate of drug-likeness (QED) is 0.763. The summed E-state index contributed by atoms with van der Waals surface area (Å²) in [5.74, 6) is -0.0422. The predicted octanol–water partition coefficient (Wildman–Crippen LogP) is 3.89. The van der Waals surface area contributed by atoms with Gasteiger partial charge in [-0.15, -0.1) is 0 Å². The number of hydrogen-bond acceptors (Lipinski definition) is 3. The summed E-state index contributed by atoms with van der Waals surface area (Å²) in [5, 5.41) is 6.05. The summed E-state index contributed by atoms with van der Waals surface area (Å²) in [7, 11) is 0. The summed E-state index contributed by atoms with van der Waals surface area (Å²) in [6, 6.07) is 15.1. The van der Waals surface area contributed by atoms with E-state index in [0.717, 1.165) is 12.1 Å². The van der Waals surface area contributed by atoms with Gasteiger partial charge in [0.2, 0.25) is 5.91 Å². The van der Waals surface area contributed by atoms with Crippen LogP contribution in [0.25, 0.3) is 0 Å². The van der Waals surface area contributed by atoms with Gasteiger partial charge < -0.3 is 10.6 Å². The van der Waals surface area contributed by atoms with Crippen LogP contribution in [0.3, 0.4) is 0 Å². The van der Waals surface area contributed by atoms with Gasteiger partial charge in [-0.05, 0) is 55.3 Å². The number of amides is 1. The Morgan fingerprint density at radius 1 is 0.913 bits per heavy atom. The van der Waals surface area contributed by atoms with Crippen molar-refractivity contribution in [3.63, 3.8) is 0 Å². The van der Waals surface area contributed by atoms with Crippen LogP contribution in [-0.2, 0) is 11.2 Å². The lowest BCUT2D eigenvalue weighted by Crippen LogP contribution is -2.16. The first-order valence-electron chi connectivity index (χ1n) is 7.82. The zero-order valence-corrected chi connectivity index (χ0v) is 13.6. The average molecular weight is 310 g/mol. The first-order valence-corrected chi connectivity index (χ1v) is 7.82. The van der Waals surface area contributed by atoms with Gasteiger partial charge in [-0.25, -0.2) is 0 Å². The van der Waals surface area contributed by atoms with Gasteiger partial charge in [0.15, 0.2) is 5.78 Å². The summed E-state index contributed by atoms with van der Waals surface area (Å²) in [4.78, 5) is 23.1. The molecule has 0 heterocycles. The topological polar surface area (TPSA) is 58.2 Å². The molecule has 0 radical (unpaired) electrons. The minimum absolute atomic E-state index is 0.0150. The highest BCUT2D eigenvalue weighted by molar-refractivity contribution is 5.95. The van der Waals surface area contributed by atoms with Crippen molar-refractivity contribution in [3.05, 3.63) is 59.7 Å². The highest BCUT2D eigenvalue weighted by atomic mass is 16.1. The fourth-order valence-corrected chi connectivity index (χ4v) is 2.19. The molecule has 0 aromatic heterocycles. The molecule has 120 valence electrons. The van der Waals surface area contributed by atoms with E-state index in [0.29, 0.717) is 24.2 Å². The minimum atomic E-state index is -0.0572. The number of aryl methyl sites for hydroxylation is 1. The van der Waals surface area contributed by atoms with Crippen molar-refractivity contribution in [2.24, 2.45) is 0 Å². The van der Waals surface area contributed by atoms with Crippen molar-refractivity contribution in [1.29, 1.82) is 0 Å². The van der Waals surface area contributed by atoms with Gasteiger partial charge in [-0.2, -0.15) is 0 Å².